The number of benzene rings is 1. The molecule has 0 amide bonds. The number of hydrogen-bond acceptors (Lipinski definition) is 6. The van der Waals surface area contributed by atoms with E-state index in [4.69, 9.17) is 27.2 Å². The number of nitrogens with zero attached hydrogens (tertiary/aromatic N) is 4. The van der Waals surface area contributed by atoms with Crippen LogP contribution in [0.2, 0.25) is 5.02 Å². The molecule has 31 heavy (non-hydrogen) atoms. The predicted octanol–water partition coefficient (Wildman–Crippen LogP) is 3.62. The minimum Gasteiger partial charge on any atom is -0.475 e. The molecule has 0 unspecified atom stereocenters. The van der Waals surface area contributed by atoms with Crippen LogP contribution in [0.25, 0.3) is 22.4 Å². The van der Waals surface area contributed by atoms with Gasteiger partial charge in [-0.05, 0) is 31.9 Å². The van der Waals surface area contributed by atoms with Crippen LogP contribution in [-0.2, 0) is 4.79 Å². The lowest BCUT2D eigenvalue weighted by atomic mass is 9.91. The van der Waals surface area contributed by atoms with E-state index in [-0.39, 0.29) is 5.54 Å². The fraction of sp³-hybridized carbons (Fsp3) is 0.368. The average Bonchev–Trinajstić information content (AvgIpc) is 3.11. The highest BCUT2D eigenvalue weighted by molar-refractivity contribution is 6.30. The van der Waals surface area contributed by atoms with Crippen molar-refractivity contribution in [1.82, 2.24) is 20.2 Å². The predicted molar refractivity (Wildman–Crippen MR) is 110 cm³/mol. The van der Waals surface area contributed by atoms with Gasteiger partial charge in [0.1, 0.15) is 17.0 Å². The second kappa shape index (κ2) is 8.67. The molecule has 4 N–H and O–H groups in total. The molecule has 3 aromatic rings. The zero-order valence-electron chi connectivity index (χ0n) is 16.4. The summed E-state index contributed by atoms with van der Waals surface area (Å²) in [7, 11) is 0. The summed E-state index contributed by atoms with van der Waals surface area (Å²) in [5.41, 5.74) is 9.33. The Hall–Kier alpha value is -2.92. The standard InChI is InChI=1S/C17H19ClN6.C2HF3O2/c1-17(19)6-8-24(9-7-17)13-10-20-15-14(22-23-16(15)21-13)11-2-4-12(18)5-3-11;3-2(4,5)1(6)7/h2-5,10H,6-9,19H2,1H3,(H,21,22,23);(H,6,7). The number of carbonyl (C=O) groups is 1. The molecule has 0 radical (unpaired) electrons. The largest absolute Gasteiger partial charge is 0.490 e. The van der Waals surface area contributed by atoms with Gasteiger partial charge in [0, 0.05) is 29.2 Å². The first-order valence-corrected chi connectivity index (χ1v) is 9.65. The van der Waals surface area contributed by atoms with Crippen molar-refractivity contribution in [3.8, 4) is 11.3 Å². The normalized spacial score (nSPS) is 16.0. The molecule has 1 saturated heterocycles. The summed E-state index contributed by atoms with van der Waals surface area (Å²) in [5.74, 6) is -1.89. The van der Waals surface area contributed by atoms with Crippen molar-refractivity contribution in [2.45, 2.75) is 31.5 Å². The van der Waals surface area contributed by atoms with Crippen molar-refractivity contribution in [2.75, 3.05) is 18.0 Å². The summed E-state index contributed by atoms with van der Waals surface area (Å²) in [6.07, 6.45) is -1.37. The van der Waals surface area contributed by atoms with E-state index in [1.165, 1.54) is 0 Å². The van der Waals surface area contributed by atoms with Crippen molar-refractivity contribution in [3.05, 3.63) is 35.5 Å². The fourth-order valence-corrected chi connectivity index (χ4v) is 3.13. The average molecular weight is 457 g/mol. The van der Waals surface area contributed by atoms with E-state index in [1.54, 1.807) is 0 Å². The highest BCUT2D eigenvalue weighted by Gasteiger charge is 2.38. The highest BCUT2D eigenvalue weighted by Crippen LogP contribution is 2.28. The van der Waals surface area contributed by atoms with Crippen LogP contribution < -0.4 is 10.6 Å². The second-order valence-electron chi connectivity index (χ2n) is 7.45. The second-order valence-corrected chi connectivity index (χ2v) is 7.88. The summed E-state index contributed by atoms with van der Waals surface area (Å²) in [6.45, 7) is 3.89. The van der Waals surface area contributed by atoms with Crippen LogP contribution in [0.1, 0.15) is 19.8 Å². The van der Waals surface area contributed by atoms with Crippen LogP contribution in [-0.4, -0.2) is 56.0 Å². The molecule has 1 aliphatic rings. The van der Waals surface area contributed by atoms with Gasteiger partial charge >= 0.3 is 12.1 Å². The lowest BCUT2D eigenvalue weighted by molar-refractivity contribution is -0.192. The number of fused-ring (bicyclic) bond motifs is 1. The quantitative estimate of drug-likeness (QED) is 0.538. The van der Waals surface area contributed by atoms with Crippen molar-refractivity contribution >= 4 is 34.6 Å². The van der Waals surface area contributed by atoms with E-state index in [9.17, 15) is 13.2 Å². The first-order chi connectivity index (χ1) is 14.5. The molecule has 1 aliphatic heterocycles. The van der Waals surface area contributed by atoms with Gasteiger partial charge in [-0.1, -0.05) is 23.7 Å². The monoisotopic (exact) mass is 456 g/mol. The Bertz CT molecular complexity index is 1060. The van der Waals surface area contributed by atoms with Crippen LogP contribution in [0, 0.1) is 0 Å². The molecule has 1 aromatic carbocycles. The Labute approximate surface area is 180 Å². The van der Waals surface area contributed by atoms with Crippen molar-refractivity contribution in [2.24, 2.45) is 5.73 Å². The number of anilines is 1. The van der Waals surface area contributed by atoms with Crippen LogP contribution in [0.15, 0.2) is 30.5 Å². The molecule has 12 heteroatoms. The van der Waals surface area contributed by atoms with Gasteiger partial charge in [0.25, 0.3) is 0 Å². The number of alkyl halides is 3. The van der Waals surface area contributed by atoms with Crippen molar-refractivity contribution < 1.29 is 23.1 Å². The Morgan fingerprint density at radius 3 is 2.39 bits per heavy atom. The number of aromatic nitrogens is 4. The summed E-state index contributed by atoms with van der Waals surface area (Å²) in [6, 6.07) is 7.55. The van der Waals surface area contributed by atoms with Crippen LogP contribution in [0.3, 0.4) is 0 Å². The molecule has 0 aliphatic carbocycles. The van der Waals surface area contributed by atoms with Gasteiger partial charge in [-0.2, -0.15) is 18.3 Å². The molecule has 166 valence electrons. The number of nitrogens with two attached hydrogens (primary N) is 1. The summed E-state index contributed by atoms with van der Waals surface area (Å²) in [4.78, 5) is 20.4. The number of hydrogen-bond donors (Lipinski definition) is 3. The number of rotatable bonds is 2. The molecule has 3 heterocycles. The smallest absolute Gasteiger partial charge is 0.475 e. The van der Waals surface area contributed by atoms with Gasteiger partial charge in [-0.25, -0.2) is 14.8 Å². The summed E-state index contributed by atoms with van der Waals surface area (Å²) < 4.78 is 31.7. The van der Waals surface area contributed by atoms with Crippen molar-refractivity contribution in [3.63, 3.8) is 0 Å². The molecule has 2 aromatic heterocycles. The zero-order chi connectivity index (χ0) is 22.8. The number of carboxylic acids is 1. The number of nitrogens with one attached hydrogen (secondary N) is 1. The molecular formula is C19H20ClF3N6O2. The van der Waals surface area contributed by atoms with Crippen LogP contribution >= 0.6 is 11.6 Å². The van der Waals surface area contributed by atoms with E-state index in [2.05, 4.69) is 32.0 Å². The number of aromatic amines is 1. The maximum Gasteiger partial charge on any atom is 0.490 e. The van der Waals surface area contributed by atoms with Gasteiger partial charge in [-0.15, -0.1) is 0 Å². The third-order valence-electron chi connectivity index (χ3n) is 4.85. The summed E-state index contributed by atoms with van der Waals surface area (Å²) >= 11 is 5.95. The van der Waals surface area contributed by atoms with E-state index < -0.39 is 12.1 Å². The Balaban J connectivity index is 0.000000339. The van der Waals surface area contributed by atoms with Gasteiger partial charge in [0.15, 0.2) is 5.65 Å². The van der Waals surface area contributed by atoms with E-state index in [1.807, 2.05) is 30.5 Å². The van der Waals surface area contributed by atoms with E-state index in [0.717, 1.165) is 48.5 Å². The lowest BCUT2D eigenvalue weighted by Crippen LogP contribution is -2.48. The van der Waals surface area contributed by atoms with E-state index >= 15 is 0 Å². The minimum atomic E-state index is -5.08. The molecule has 1 fully saturated rings. The third kappa shape index (κ3) is 5.61. The third-order valence-corrected chi connectivity index (χ3v) is 5.10. The van der Waals surface area contributed by atoms with Gasteiger partial charge in [0.05, 0.1) is 6.20 Å². The Kier molecular flexibility index (Phi) is 6.37. The Morgan fingerprint density at radius 2 is 1.84 bits per heavy atom. The van der Waals surface area contributed by atoms with Gasteiger partial charge < -0.3 is 15.7 Å². The molecule has 4 rings (SSSR count). The van der Waals surface area contributed by atoms with Gasteiger partial charge in [-0.3, -0.25) is 5.10 Å². The molecule has 0 saturated carbocycles. The molecule has 0 atom stereocenters. The molecule has 0 bridgehead atoms. The molecule has 8 nitrogen and oxygen atoms in total. The Morgan fingerprint density at radius 1 is 1.26 bits per heavy atom. The number of halogens is 4. The van der Waals surface area contributed by atoms with Crippen LogP contribution in [0.4, 0.5) is 19.0 Å². The topological polar surface area (TPSA) is 121 Å². The zero-order valence-corrected chi connectivity index (χ0v) is 17.2. The minimum absolute atomic E-state index is 0.0796. The number of carboxylic acid groups (broad SMARTS) is 1. The molecule has 0 spiro atoms. The van der Waals surface area contributed by atoms with E-state index in [0.29, 0.717) is 10.7 Å². The lowest BCUT2D eigenvalue weighted by Gasteiger charge is -2.37. The first kappa shape index (κ1) is 22.8. The SMILES string of the molecule is CC1(N)CCN(c2cnc3c(-c4ccc(Cl)cc4)n[nH]c3n2)CC1.O=C(O)C(F)(F)F. The maximum absolute atomic E-state index is 10.6. The van der Waals surface area contributed by atoms with Crippen LogP contribution in [0.5, 0.6) is 0 Å². The fourth-order valence-electron chi connectivity index (χ4n) is 3.00. The van der Waals surface area contributed by atoms with Crippen molar-refractivity contribution in [1.29, 1.82) is 0 Å². The van der Waals surface area contributed by atoms with Gasteiger partial charge in [0.2, 0.25) is 0 Å². The maximum atomic E-state index is 10.6. The number of H-pyrrole nitrogens is 1. The number of aliphatic carboxylic acids is 1. The number of piperidine rings is 1. The summed E-state index contributed by atoms with van der Waals surface area (Å²) in [5, 5.41) is 15.2. The highest BCUT2D eigenvalue weighted by atomic mass is 35.5. The first-order valence-electron chi connectivity index (χ1n) is 9.27. The molecular weight excluding hydrogens is 437 g/mol.